The number of nitrogens with one attached hydrogen (secondary N) is 1. The second-order valence-electron chi connectivity index (χ2n) is 7.16. The first kappa shape index (κ1) is 23.5. The lowest BCUT2D eigenvalue weighted by atomic mass is 10.1. The van der Waals surface area contributed by atoms with Gasteiger partial charge in [0.1, 0.15) is 12.4 Å². The molecule has 2 aromatic carbocycles. The Bertz CT molecular complexity index is 819. The fraction of sp³-hybridized carbons (Fsp3) is 0.458. The largest absolute Gasteiger partial charge is 0.493 e. The number of anilines is 1. The Morgan fingerprint density at radius 2 is 1.63 bits per heavy atom. The molecular weight excluding hydrogens is 380 g/mol. The van der Waals surface area contributed by atoms with E-state index in [1.54, 1.807) is 25.3 Å². The number of nitrogens with zero attached hydrogens (tertiary/aromatic N) is 1. The quantitative estimate of drug-likeness (QED) is 0.556. The average Bonchev–Trinajstić information content (AvgIpc) is 2.73. The van der Waals surface area contributed by atoms with Crippen LogP contribution in [0.25, 0.3) is 0 Å². The minimum atomic E-state index is -0.112. The number of rotatable bonds is 12. The summed E-state index contributed by atoms with van der Waals surface area (Å²) < 4.78 is 17.0. The molecule has 0 unspecified atom stereocenters. The lowest BCUT2D eigenvalue weighted by Gasteiger charge is -2.19. The molecule has 0 aliphatic carbocycles. The lowest BCUT2D eigenvalue weighted by molar-refractivity contribution is -0.116. The van der Waals surface area contributed by atoms with Gasteiger partial charge in [-0.3, -0.25) is 4.79 Å². The highest BCUT2D eigenvalue weighted by Crippen LogP contribution is 2.30. The van der Waals surface area contributed by atoms with E-state index < -0.39 is 0 Å². The van der Waals surface area contributed by atoms with E-state index in [1.165, 1.54) is 5.56 Å². The summed E-state index contributed by atoms with van der Waals surface area (Å²) in [6.07, 6.45) is 0.261. The molecule has 0 atom stereocenters. The van der Waals surface area contributed by atoms with Crippen molar-refractivity contribution in [1.29, 1.82) is 0 Å². The van der Waals surface area contributed by atoms with Crippen LogP contribution in [-0.4, -0.2) is 50.8 Å². The first-order valence-corrected chi connectivity index (χ1v) is 10.5. The zero-order chi connectivity index (χ0) is 21.9. The Labute approximate surface area is 180 Å². The Morgan fingerprint density at radius 1 is 0.933 bits per heavy atom. The van der Waals surface area contributed by atoms with Crippen LogP contribution in [0.1, 0.15) is 31.4 Å². The van der Waals surface area contributed by atoms with Crippen LogP contribution in [0, 0.1) is 13.8 Å². The Kier molecular flexibility index (Phi) is 9.48. The van der Waals surface area contributed by atoms with Gasteiger partial charge >= 0.3 is 0 Å². The van der Waals surface area contributed by atoms with Gasteiger partial charge in [0.2, 0.25) is 5.91 Å². The Balaban J connectivity index is 1.87. The maximum atomic E-state index is 12.3. The van der Waals surface area contributed by atoms with Gasteiger partial charge < -0.3 is 24.4 Å². The molecule has 0 aromatic heterocycles. The highest BCUT2D eigenvalue weighted by Gasteiger charge is 2.10. The predicted octanol–water partition coefficient (Wildman–Crippen LogP) is 4.44. The van der Waals surface area contributed by atoms with Crippen molar-refractivity contribution in [3.8, 4) is 17.2 Å². The summed E-state index contributed by atoms with van der Waals surface area (Å²) in [6.45, 7) is 12.0. The maximum Gasteiger partial charge on any atom is 0.227 e. The van der Waals surface area contributed by atoms with Gasteiger partial charge in [-0.25, -0.2) is 0 Å². The molecule has 0 bridgehead atoms. The van der Waals surface area contributed by atoms with Gasteiger partial charge in [0.25, 0.3) is 0 Å². The Hall–Kier alpha value is -2.73. The van der Waals surface area contributed by atoms with Crippen LogP contribution in [0.3, 0.4) is 0 Å². The standard InChI is InChI=1S/C24H34N2O4/c1-6-26(7-2)13-15-30-23-17-20(9-11-22(23)28-5)25-24(27)12-14-29-21-10-8-18(3)16-19(21)4/h8-11,16-17H,6-7,12-15H2,1-5H3,(H,25,27). The fourth-order valence-electron chi connectivity index (χ4n) is 3.13. The summed E-state index contributed by atoms with van der Waals surface area (Å²) in [7, 11) is 1.61. The summed E-state index contributed by atoms with van der Waals surface area (Å²) in [4.78, 5) is 14.6. The van der Waals surface area contributed by atoms with Crippen LogP contribution in [0.2, 0.25) is 0 Å². The number of hydrogen-bond acceptors (Lipinski definition) is 5. The van der Waals surface area contributed by atoms with Gasteiger partial charge in [0, 0.05) is 18.3 Å². The van der Waals surface area contributed by atoms with Gasteiger partial charge in [-0.15, -0.1) is 0 Å². The minimum Gasteiger partial charge on any atom is -0.493 e. The van der Waals surface area contributed by atoms with Crippen molar-refractivity contribution in [2.75, 3.05) is 45.3 Å². The van der Waals surface area contributed by atoms with E-state index in [0.29, 0.717) is 30.4 Å². The summed E-state index contributed by atoms with van der Waals surface area (Å²) in [5.41, 5.74) is 2.93. The van der Waals surface area contributed by atoms with Crippen molar-refractivity contribution < 1.29 is 19.0 Å². The number of aryl methyl sites for hydroxylation is 2. The van der Waals surface area contributed by atoms with E-state index >= 15 is 0 Å². The van der Waals surface area contributed by atoms with Crippen molar-refractivity contribution in [3.05, 3.63) is 47.5 Å². The van der Waals surface area contributed by atoms with Crippen LogP contribution in [-0.2, 0) is 4.79 Å². The van der Waals surface area contributed by atoms with Gasteiger partial charge in [-0.05, 0) is 50.7 Å². The molecule has 1 amide bonds. The van der Waals surface area contributed by atoms with Gasteiger partial charge in [-0.1, -0.05) is 31.5 Å². The smallest absolute Gasteiger partial charge is 0.227 e. The van der Waals surface area contributed by atoms with Crippen molar-refractivity contribution in [2.24, 2.45) is 0 Å². The van der Waals surface area contributed by atoms with E-state index in [4.69, 9.17) is 14.2 Å². The van der Waals surface area contributed by atoms with E-state index in [-0.39, 0.29) is 12.3 Å². The highest BCUT2D eigenvalue weighted by atomic mass is 16.5. The van der Waals surface area contributed by atoms with Crippen LogP contribution in [0.15, 0.2) is 36.4 Å². The third-order valence-corrected chi connectivity index (χ3v) is 4.92. The zero-order valence-corrected chi connectivity index (χ0v) is 18.8. The molecule has 1 N–H and O–H groups in total. The van der Waals surface area contributed by atoms with E-state index in [0.717, 1.165) is 30.9 Å². The monoisotopic (exact) mass is 414 g/mol. The molecule has 0 saturated carbocycles. The molecule has 0 fully saturated rings. The molecule has 0 saturated heterocycles. The predicted molar refractivity (Wildman–Crippen MR) is 121 cm³/mol. The number of carbonyl (C=O) groups excluding carboxylic acids is 1. The number of methoxy groups -OCH3 is 1. The first-order chi connectivity index (χ1) is 14.5. The first-order valence-electron chi connectivity index (χ1n) is 10.5. The number of likely N-dealkylation sites (N-methyl/N-ethyl adjacent to an activating group) is 1. The zero-order valence-electron chi connectivity index (χ0n) is 18.8. The summed E-state index contributed by atoms with van der Waals surface area (Å²) in [6, 6.07) is 11.4. The highest BCUT2D eigenvalue weighted by molar-refractivity contribution is 5.91. The third-order valence-electron chi connectivity index (χ3n) is 4.92. The summed E-state index contributed by atoms with van der Waals surface area (Å²) in [5, 5.41) is 2.90. The molecule has 164 valence electrons. The average molecular weight is 415 g/mol. The van der Waals surface area contributed by atoms with E-state index in [9.17, 15) is 4.79 Å². The SMILES string of the molecule is CCN(CC)CCOc1cc(NC(=O)CCOc2ccc(C)cc2C)ccc1OC. The molecule has 6 heteroatoms. The number of benzene rings is 2. The molecule has 0 heterocycles. The molecule has 2 aromatic rings. The molecule has 2 rings (SSSR count). The molecule has 6 nitrogen and oxygen atoms in total. The number of ether oxygens (including phenoxy) is 3. The maximum absolute atomic E-state index is 12.3. The normalized spacial score (nSPS) is 10.7. The topological polar surface area (TPSA) is 60.0 Å². The van der Waals surface area contributed by atoms with E-state index in [1.807, 2.05) is 26.0 Å². The molecule has 0 aliphatic heterocycles. The van der Waals surface area contributed by atoms with E-state index in [2.05, 4.69) is 30.1 Å². The summed E-state index contributed by atoms with van der Waals surface area (Å²) >= 11 is 0. The minimum absolute atomic E-state index is 0.112. The molecule has 0 aliphatic rings. The Morgan fingerprint density at radius 3 is 2.30 bits per heavy atom. The van der Waals surface area contributed by atoms with Crippen molar-refractivity contribution in [2.45, 2.75) is 34.1 Å². The van der Waals surface area contributed by atoms with Crippen molar-refractivity contribution in [1.82, 2.24) is 4.90 Å². The van der Waals surface area contributed by atoms with Gasteiger partial charge in [-0.2, -0.15) is 0 Å². The van der Waals surface area contributed by atoms with Crippen molar-refractivity contribution in [3.63, 3.8) is 0 Å². The molecule has 30 heavy (non-hydrogen) atoms. The molecule has 0 radical (unpaired) electrons. The van der Waals surface area contributed by atoms with Gasteiger partial charge in [0.15, 0.2) is 11.5 Å². The number of carbonyl (C=O) groups is 1. The fourth-order valence-corrected chi connectivity index (χ4v) is 3.13. The molecule has 0 spiro atoms. The van der Waals surface area contributed by atoms with Crippen molar-refractivity contribution >= 4 is 11.6 Å². The number of amides is 1. The lowest BCUT2D eigenvalue weighted by Crippen LogP contribution is -2.28. The van der Waals surface area contributed by atoms with Crippen LogP contribution < -0.4 is 19.5 Å². The second kappa shape index (κ2) is 12.1. The van der Waals surface area contributed by atoms with Crippen LogP contribution >= 0.6 is 0 Å². The number of hydrogen-bond donors (Lipinski definition) is 1. The van der Waals surface area contributed by atoms with Gasteiger partial charge in [0.05, 0.1) is 20.1 Å². The second-order valence-corrected chi connectivity index (χ2v) is 7.16. The third kappa shape index (κ3) is 7.26. The van der Waals surface area contributed by atoms with Crippen LogP contribution in [0.4, 0.5) is 5.69 Å². The summed E-state index contributed by atoms with van der Waals surface area (Å²) in [5.74, 6) is 1.96. The van der Waals surface area contributed by atoms with Crippen LogP contribution in [0.5, 0.6) is 17.2 Å². The molecular formula is C24H34N2O4.